The molecule has 0 saturated heterocycles. The van der Waals surface area contributed by atoms with E-state index in [0.717, 1.165) is 29.5 Å². The van der Waals surface area contributed by atoms with E-state index >= 15 is 0 Å². The molecule has 1 aromatic heterocycles. The van der Waals surface area contributed by atoms with Crippen LogP contribution in [0.5, 0.6) is 0 Å². The van der Waals surface area contributed by atoms with E-state index < -0.39 is 15.0 Å². The predicted molar refractivity (Wildman–Crippen MR) is 74.3 cm³/mol. The van der Waals surface area contributed by atoms with E-state index in [4.69, 9.17) is 0 Å². The third-order valence-corrected chi connectivity index (χ3v) is 3.83. The fourth-order valence-corrected chi connectivity index (χ4v) is 2.43. The van der Waals surface area contributed by atoms with E-state index in [1.54, 1.807) is 0 Å². The maximum atomic E-state index is 10.9. The molecule has 0 saturated carbocycles. The maximum Gasteiger partial charge on any atom is 0.390 e. The molecular weight excluding hydrogens is 294 g/mol. The lowest BCUT2D eigenvalue weighted by Crippen LogP contribution is -2.10. The van der Waals surface area contributed by atoms with Crippen LogP contribution in [0.3, 0.4) is 0 Å². The van der Waals surface area contributed by atoms with Crippen molar-refractivity contribution < 1.29 is 17.5 Å². The zero-order valence-corrected chi connectivity index (χ0v) is 12.5. The Morgan fingerprint density at radius 3 is 2.79 bits per heavy atom. The standard InChI is InChI=1S/C9H17N3O5S2/c1-3-18-5-4-11-8(7-17-19(2,15)16)6-9(10-11)12(13)14/h6H,3-5,7,18H2,1-2H3. The maximum absolute atomic E-state index is 10.9. The van der Waals surface area contributed by atoms with Crippen LogP contribution in [0.2, 0.25) is 0 Å². The Morgan fingerprint density at radius 2 is 2.26 bits per heavy atom. The molecule has 0 aliphatic rings. The molecule has 0 amide bonds. The van der Waals surface area contributed by atoms with Crippen LogP contribution >= 0.6 is 11.8 Å². The second-order valence-corrected chi connectivity index (χ2v) is 7.15. The minimum atomic E-state index is -3.58. The summed E-state index contributed by atoms with van der Waals surface area (Å²) in [6.45, 7) is 2.33. The summed E-state index contributed by atoms with van der Waals surface area (Å²) >= 11 is 0.742. The molecule has 0 fully saturated rings. The summed E-state index contributed by atoms with van der Waals surface area (Å²) in [7, 11) is -3.58. The van der Waals surface area contributed by atoms with Crippen molar-refractivity contribution in [2.75, 3.05) is 17.8 Å². The molecule has 1 rings (SSSR count). The van der Waals surface area contributed by atoms with Crippen molar-refractivity contribution in [3.8, 4) is 0 Å². The molecule has 0 spiro atoms. The molecule has 19 heavy (non-hydrogen) atoms. The first-order valence-electron chi connectivity index (χ1n) is 5.59. The predicted octanol–water partition coefficient (Wildman–Crippen LogP) is 0.485. The highest BCUT2D eigenvalue weighted by Crippen LogP contribution is 2.14. The van der Waals surface area contributed by atoms with Crippen molar-refractivity contribution in [2.45, 2.75) is 20.1 Å². The summed E-state index contributed by atoms with van der Waals surface area (Å²) in [5.41, 5.74) is 0.387. The topological polar surface area (TPSA) is 104 Å². The largest absolute Gasteiger partial charge is 0.390 e. The van der Waals surface area contributed by atoms with Crippen LogP contribution in [0.4, 0.5) is 5.82 Å². The van der Waals surface area contributed by atoms with Crippen LogP contribution < -0.4 is 0 Å². The van der Waals surface area contributed by atoms with E-state index in [1.807, 2.05) is 0 Å². The van der Waals surface area contributed by atoms with Gasteiger partial charge in [-0.3, -0.25) is 15.9 Å². The summed E-state index contributed by atoms with van der Waals surface area (Å²) in [5.74, 6) is 1.59. The second kappa shape index (κ2) is 6.87. The van der Waals surface area contributed by atoms with Crippen molar-refractivity contribution in [2.24, 2.45) is 0 Å². The third kappa shape index (κ3) is 5.57. The molecule has 0 aromatic carbocycles. The highest BCUT2D eigenvalue weighted by Gasteiger charge is 2.19. The first-order valence-corrected chi connectivity index (χ1v) is 8.82. The van der Waals surface area contributed by atoms with Crippen molar-refractivity contribution in [3.05, 3.63) is 21.9 Å². The van der Waals surface area contributed by atoms with Crippen molar-refractivity contribution in [1.82, 2.24) is 9.78 Å². The Kier molecular flexibility index (Phi) is 5.76. The quantitative estimate of drug-likeness (QED) is 0.299. The number of aromatic nitrogens is 2. The highest BCUT2D eigenvalue weighted by atomic mass is 32.2. The lowest BCUT2D eigenvalue weighted by atomic mass is 10.4. The second-order valence-electron chi connectivity index (χ2n) is 3.79. The van der Waals surface area contributed by atoms with Crippen molar-refractivity contribution >= 4 is 27.7 Å². The summed E-state index contributed by atoms with van der Waals surface area (Å²) in [5, 5.41) is 14.5. The molecule has 0 radical (unpaired) electrons. The monoisotopic (exact) mass is 311 g/mol. The van der Waals surface area contributed by atoms with E-state index in [-0.39, 0.29) is 12.4 Å². The van der Waals surface area contributed by atoms with Gasteiger partial charge in [0.1, 0.15) is 6.61 Å². The van der Waals surface area contributed by atoms with Gasteiger partial charge in [0.2, 0.25) is 0 Å². The first kappa shape index (κ1) is 15.9. The van der Waals surface area contributed by atoms with Crippen LogP contribution in [0.25, 0.3) is 0 Å². The van der Waals surface area contributed by atoms with E-state index in [0.29, 0.717) is 12.2 Å². The van der Waals surface area contributed by atoms with Crippen molar-refractivity contribution in [1.29, 1.82) is 0 Å². The minimum Gasteiger partial charge on any atom is -0.358 e. The SMILES string of the molecule is CC[SH2]CCn1nc([N+](=O)[O-])cc1COS(C)(=O)=O. The van der Waals surface area contributed by atoms with Gasteiger partial charge in [0.25, 0.3) is 10.1 Å². The molecule has 1 heterocycles. The van der Waals surface area contributed by atoms with Crippen LogP contribution in [-0.2, 0) is 27.5 Å². The summed E-state index contributed by atoms with van der Waals surface area (Å²) in [6.07, 6.45) is 0.931. The molecule has 0 bridgehead atoms. The van der Waals surface area contributed by atoms with Crippen LogP contribution in [0.15, 0.2) is 6.07 Å². The van der Waals surface area contributed by atoms with Gasteiger partial charge in [-0.25, -0.2) is 0 Å². The van der Waals surface area contributed by atoms with Gasteiger partial charge >= 0.3 is 5.82 Å². The van der Waals surface area contributed by atoms with Gasteiger partial charge in [0.05, 0.1) is 29.7 Å². The number of aryl methyl sites for hydroxylation is 1. The Morgan fingerprint density at radius 1 is 1.58 bits per heavy atom. The van der Waals surface area contributed by atoms with Gasteiger partial charge in [-0.1, -0.05) is 6.92 Å². The van der Waals surface area contributed by atoms with Crippen LogP contribution in [0, 0.1) is 10.1 Å². The molecule has 0 aliphatic heterocycles. The van der Waals surface area contributed by atoms with Gasteiger partial charge < -0.3 is 10.1 Å². The molecular formula is C9H17N3O5S2. The van der Waals surface area contributed by atoms with Gasteiger partial charge in [-0.05, 0) is 16.4 Å². The highest BCUT2D eigenvalue weighted by molar-refractivity contribution is 7.99. The molecule has 0 N–H and O–H groups in total. The Bertz CT molecular complexity index is 540. The molecule has 0 atom stereocenters. The third-order valence-electron chi connectivity index (χ3n) is 2.21. The number of nitrogens with zero attached hydrogens (tertiary/aromatic N) is 3. The van der Waals surface area contributed by atoms with E-state index in [1.165, 1.54) is 10.7 Å². The summed E-state index contributed by atoms with van der Waals surface area (Å²) in [6, 6.07) is 1.24. The molecule has 0 unspecified atom stereocenters. The first-order chi connectivity index (χ1) is 8.83. The van der Waals surface area contributed by atoms with Crippen LogP contribution in [-0.4, -0.2) is 40.9 Å². The smallest absolute Gasteiger partial charge is 0.358 e. The van der Waals surface area contributed by atoms with E-state index in [9.17, 15) is 18.5 Å². The number of nitro groups is 1. The molecule has 10 heteroatoms. The summed E-state index contributed by atoms with van der Waals surface area (Å²) in [4.78, 5) is 10.1. The fraction of sp³-hybridized carbons (Fsp3) is 0.667. The Labute approximate surface area is 115 Å². The Hall–Kier alpha value is -1.13. The number of hydrogen-bond acceptors (Lipinski definition) is 6. The number of hydrogen-bond donors (Lipinski definition) is 0. The van der Waals surface area contributed by atoms with Gasteiger partial charge in [0, 0.05) is 0 Å². The zero-order valence-electron chi connectivity index (χ0n) is 10.7. The van der Waals surface area contributed by atoms with Gasteiger partial charge in [-0.2, -0.15) is 13.1 Å². The molecule has 8 nitrogen and oxygen atoms in total. The lowest BCUT2D eigenvalue weighted by molar-refractivity contribution is -0.389. The average Bonchev–Trinajstić information content (AvgIpc) is 2.69. The summed E-state index contributed by atoms with van der Waals surface area (Å²) < 4.78 is 27.9. The van der Waals surface area contributed by atoms with Gasteiger partial charge in [-0.15, -0.1) is 0 Å². The average molecular weight is 311 g/mol. The molecule has 0 aliphatic carbocycles. The fourth-order valence-electron chi connectivity index (χ4n) is 1.37. The van der Waals surface area contributed by atoms with Crippen LogP contribution in [0.1, 0.15) is 12.6 Å². The number of rotatable bonds is 8. The molecule has 1 aromatic rings. The Balaban J connectivity index is 2.83. The van der Waals surface area contributed by atoms with E-state index in [2.05, 4.69) is 16.2 Å². The lowest BCUT2D eigenvalue weighted by Gasteiger charge is -2.03. The molecule has 110 valence electrons. The zero-order chi connectivity index (χ0) is 14.5. The van der Waals surface area contributed by atoms with Crippen molar-refractivity contribution in [3.63, 3.8) is 0 Å². The normalized spacial score (nSPS) is 12.7. The van der Waals surface area contributed by atoms with Gasteiger partial charge in [0.15, 0.2) is 0 Å². The minimum absolute atomic E-state index is 0.241.